The Morgan fingerprint density at radius 1 is 0.973 bits per heavy atom. The van der Waals surface area contributed by atoms with Crippen LogP contribution in [0.3, 0.4) is 0 Å². The van der Waals surface area contributed by atoms with E-state index in [0.717, 1.165) is 18.6 Å². The van der Waals surface area contributed by atoms with Crippen molar-refractivity contribution in [2.45, 2.75) is 11.8 Å². The lowest BCUT2D eigenvalue weighted by Gasteiger charge is -2.35. The summed E-state index contributed by atoms with van der Waals surface area (Å²) < 4.78 is 84.0. The van der Waals surface area contributed by atoms with Gasteiger partial charge < -0.3 is 10.0 Å². The van der Waals surface area contributed by atoms with E-state index in [9.17, 15) is 35.4 Å². The summed E-state index contributed by atoms with van der Waals surface area (Å²) in [6.07, 6.45) is 1.68. The maximum atomic E-state index is 13.7. The summed E-state index contributed by atoms with van der Waals surface area (Å²) in [5.41, 5.74) is -0.221. The molecule has 15 nitrogen and oxygen atoms in total. The fourth-order valence-electron chi connectivity index (χ4n) is 3.84. The summed E-state index contributed by atoms with van der Waals surface area (Å²) in [5.74, 6) is 0. The third-order valence-corrected chi connectivity index (χ3v) is 8.56. The molecule has 0 saturated carbocycles. The predicted octanol–water partition coefficient (Wildman–Crippen LogP) is -1.04. The number of aryl methyl sites for hydroxylation is 1. The van der Waals surface area contributed by atoms with Crippen LogP contribution < -0.4 is 4.90 Å². The van der Waals surface area contributed by atoms with Crippen LogP contribution in [0.5, 0.6) is 0 Å². The molecular formula is C19H32N4O11S3. The minimum Gasteiger partial charge on any atom is -0.395 e. The van der Waals surface area contributed by atoms with Gasteiger partial charge in [0.25, 0.3) is 25.9 Å². The fourth-order valence-corrected chi connectivity index (χ4v) is 6.32. The number of sulfonamides is 1. The third-order valence-electron chi connectivity index (χ3n) is 5.46. The number of aliphatic hydroxyl groups excluding tert-OH is 1. The second-order valence-corrected chi connectivity index (χ2v) is 13.6. The summed E-state index contributed by atoms with van der Waals surface area (Å²) in [4.78, 5) is 13.7. The van der Waals surface area contributed by atoms with E-state index in [0.29, 0.717) is 19.6 Å². The van der Waals surface area contributed by atoms with Crippen LogP contribution >= 0.6 is 0 Å². The normalized spacial score (nSPS) is 16.1. The molecule has 212 valence electrons. The highest BCUT2D eigenvalue weighted by atomic mass is 32.2. The second-order valence-electron chi connectivity index (χ2n) is 8.38. The zero-order valence-electron chi connectivity index (χ0n) is 20.8. The molecule has 0 amide bonds. The Kier molecular flexibility index (Phi) is 10.8. The molecule has 0 aliphatic carbocycles. The monoisotopic (exact) mass is 588 g/mol. The fraction of sp³-hybridized carbons (Fsp3) is 0.684. The number of anilines is 1. The SMILES string of the molecule is Cc1cc([N+](=O)[O-])cc(S(=O)(=O)N2CCN(CCO)CC2)c1N(CCOS(C)(=O)=O)CCOS(C)(=O)=O. The van der Waals surface area contributed by atoms with Gasteiger partial charge in [-0.2, -0.15) is 21.1 Å². The van der Waals surface area contributed by atoms with Crippen molar-refractivity contribution in [3.8, 4) is 0 Å². The van der Waals surface area contributed by atoms with Gasteiger partial charge >= 0.3 is 0 Å². The Bertz CT molecular complexity index is 1240. The standard InChI is InChI=1S/C19H32N4O11S3/c1-16-14-17(23(25)26)15-18(37(31,32)22-6-4-20(5-7-22)8-11-24)19(16)21(9-12-33-35(2,27)28)10-13-34-36(3,29)30/h14-15,24H,4-13H2,1-3H3. The van der Waals surface area contributed by atoms with Crippen LogP contribution in [0.2, 0.25) is 0 Å². The van der Waals surface area contributed by atoms with Gasteiger partial charge in [0.2, 0.25) is 10.0 Å². The molecule has 1 saturated heterocycles. The summed E-state index contributed by atoms with van der Waals surface area (Å²) in [6.45, 7) is 1.44. The molecule has 1 aliphatic heterocycles. The highest BCUT2D eigenvalue weighted by Gasteiger charge is 2.34. The Hall–Kier alpha value is -1.93. The molecule has 1 aromatic rings. The molecule has 0 aromatic heterocycles. The van der Waals surface area contributed by atoms with Gasteiger partial charge in [-0.3, -0.25) is 23.4 Å². The van der Waals surface area contributed by atoms with Crippen LogP contribution in [0, 0.1) is 17.0 Å². The Balaban J connectivity index is 2.54. The average molecular weight is 589 g/mol. The summed E-state index contributed by atoms with van der Waals surface area (Å²) in [5, 5.41) is 20.7. The van der Waals surface area contributed by atoms with E-state index >= 15 is 0 Å². The molecule has 0 bridgehead atoms. The smallest absolute Gasteiger partial charge is 0.271 e. The van der Waals surface area contributed by atoms with E-state index in [2.05, 4.69) is 0 Å². The first-order chi connectivity index (χ1) is 17.0. The lowest BCUT2D eigenvalue weighted by molar-refractivity contribution is -0.385. The molecule has 0 unspecified atom stereocenters. The molecule has 2 rings (SSSR count). The third kappa shape index (κ3) is 9.40. The molecule has 1 N–H and O–H groups in total. The molecule has 0 radical (unpaired) electrons. The minimum absolute atomic E-state index is 0.0394. The van der Waals surface area contributed by atoms with E-state index < -0.39 is 54.1 Å². The molecule has 0 atom stereocenters. The highest BCUT2D eigenvalue weighted by Crippen LogP contribution is 2.35. The number of hydrogen-bond donors (Lipinski definition) is 1. The van der Waals surface area contributed by atoms with Gasteiger partial charge in [-0.05, 0) is 12.5 Å². The highest BCUT2D eigenvalue weighted by molar-refractivity contribution is 7.89. The van der Waals surface area contributed by atoms with Gasteiger partial charge in [0, 0.05) is 57.9 Å². The minimum atomic E-state index is -4.28. The Morgan fingerprint density at radius 3 is 1.92 bits per heavy atom. The van der Waals surface area contributed by atoms with Crippen molar-refractivity contribution in [2.75, 3.05) is 83.0 Å². The first-order valence-electron chi connectivity index (χ1n) is 11.1. The average Bonchev–Trinajstić information content (AvgIpc) is 2.76. The van der Waals surface area contributed by atoms with E-state index in [4.69, 9.17) is 13.5 Å². The maximum Gasteiger partial charge on any atom is 0.271 e. The first kappa shape index (κ1) is 31.3. The van der Waals surface area contributed by atoms with Gasteiger partial charge in [-0.1, -0.05) is 0 Å². The number of nitrogens with zero attached hydrogens (tertiary/aromatic N) is 4. The number of rotatable bonds is 14. The second kappa shape index (κ2) is 12.7. The van der Waals surface area contributed by atoms with Gasteiger partial charge in [-0.15, -0.1) is 0 Å². The van der Waals surface area contributed by atoms with Crippen LogP contribution in [-0.2, 0) is 38.6 Å². The topological polar surface area (TPSA) is 194 Å². The molecule has 1 heterocycles. The van der Waals surface area contributed by atoms with Gasteiger partial charge in [0.15, 0.2) is 0 Å². The van der Waals surface area contributed by atoms with Crippen LogP contribution in [0.1, 0.15) is 5.56 Å². The number of piperazine rings is 1. The van der Waals surface area contributed by atoms with Crippen molar-refractivity contribution in [3.63, 3.8) is 0 Å². The van der Waals surface area contributed by atoms with Gasteiger partial charge in [0.1, 0.15) is 4.90 Å². The van der Waals surface area contributed by atoms with Crippen molar-refractivity contribution >= 4 is 41.6 Å². The van der Waals surface area contributed by atoms with Crippen LogP contribution in [-0.4, -0.2) is 123 Å². The van der Waals surface area contributed by atoms with Crippen LogP contribution in [0.25, 0.3) is 0 Å². The lowest BCUT2D eigenvalue weighted by atomic mass is 10.1. The largest absolute Gasteiger partial charge is 0.395 e. The predicted molar refractivity (Wildman–Crippen MR) is 134 cm³/mol. The lowest BCUT2D eigenvalue weighted by Crippen LogP contribution is -2.49. The van der Waals surface area contributed by atoms with E-state index in [1.807, 2.05) is 4.90 Å². The first-order valence-corrected chi connectivity index (χ1v) is 16.2. The number of hydrogen-bond acceptors (Lipinski definition) is 13. The van der Waals surface area contributed by atoms with Crippen molar-refractivity contribution in [1.82, 2.24) is 9.21 Å². The van der Waals surface area contributed by atoms with E-state index in [-0.39, 0.29) is 48.9 Å². The molecule has 1 aliphatic rings. The zero-order valence-corrected chi connectivity index (χ0v) is 23.2. The van der Waals surface area contributed by atoms with E-state index in [1.165, 1.54) is 22.2 Å². The number of nitro groups is 1. The van der Waals surface area contributed by atoms with Crippen molar-refractivity contribution < 1.29 is 43.6 Å². The molecule has 0 spiro atoms. The number of non-ortho nitro benzene ring substituents is 1. The molecule has 37 heavy (non-hydrogen) atoms. The van der Waals surface area contributed by atoms with Crippen LogP contribution in [0.4, 0.5) is 11.4 Å². The molecular weight excluding hydrogens is 556 g/mol. The maximum absolute atomic E-state index is 13.7. The van der Waals surface area contributed by atoms with Crippen molar-refractivity contribution in [2.24, 2.45) is 0 Å². The van der Waals surface area contributed by atoms with E-state index in [1.54, 1.807) is 0 Å². The van der Waals surface area contributed by atoms with Crippen molar-refractivity contribution in [1.29, 1.82) is 0 Å². The molecule has 1 fully saturated rings. The Morgan fingerprint density at radius 2 is 1.49 bits per heavy atom. The molecule has 18 heteroatoms. The summed E-state index contributed by atoms with van der Waals surface area (Å²) in [6, 6.07) is 2.11. The number of nitro benzene ring substituents is 1. The van der Waals surface area contributed by atoms with Gasteiger partial charge in [0.05, 0.1) is 42.9 Å². The Labute approximate surface area is 217 Å². The van der Waals surface area contributed by atoms with Crippen molar-refractivity contribution in [3.05, 3.63) is 27.8 Å². The quantitative estimate of drug-likeness (QED) is 0.157. The summed E-state index contributed by atoms with van der Waals surface area (Å²) in [7, 11) is -11.9. The van der Waals surface area contributed by atoms with Gasteiger partial charge in [-0.25, -0.2) is 8.42 Å². The number of benzene rings is 1. The van der Waals surface area contributed by atoms with Crippen LogP contribution in [0.15, 0.2) is 17.0 Å². The number of aliphatic hydroxyl groups is 1. The molecule has 1 aromatic carbocycles. The zero-order chi connectivity index (χ0) is 28.0. The number of β-amino-alcohol motifs (C(OH)–C–C–N with tert-alkyl or cyclic N) is 1. The summed E-state index contributed by atoms with van der Waals surface area (Å²) >= 11 is 0.